The Kier molecular flexibility index (Phi) is 4.31. The first-order chi connectivity index (χ1) is 12.8. The molecule has 4 rings (SSSR count). The number of amides is 1. The molecule has 1 amide bonds. The zero-order valence-corrected chi connectivity index (χ0v) is 13.9. The average molecular weight is 340 g/mol. The monoisotopic (exact) mass is 340 g/mol. The first-order valence-electron chi connectivity index (χ1n) is 8.27. The van der Waals surface area contributed by atoms with E-state index >= 15 is 0 Å². The third-order valence-electron chi connectivity index (χ3n) is 3.94. The quantitative estimate of drug-likeness (QED) is 0.550. The highest BCUT2D eigenvalue weighted by atomic mass is 16.5. The zero-order chi connectivity index (χ0) is 17.8. The molecule has 0 saturated carbocycles. The second-order valence-electron chi connectivity index (χ2n) is 5.81. The van der Waals surface area contributed by atoms with Crippen molar-refractivity contribution in [2.75, 3.05) is 5.32 Å². The van der Waals surface area contributed by atoms with Gasteiger partial charge in [0, 0.05) is 10.9 Å². The highest BCUT2D eigenvalue weighted by Crippen LogP contribution is 2.22. The zero-order valence-electron chi connectivity index (χ0n) is 13.9. The van der Waals surface area contributed by atoms with E-state index in [0.29, 0.717) is 17.0 Å². The summed E-state index contributed by atoms with van der Waals surface area (Å²) in [4.78, 5) is 16.8. The van der Waals surface area contributed by atoms with E-state index in [1.165, 1.54) is 0 Å². The molecule has 4 nitrogen and oxygen atoms in total. The third-order valence-corrected chi connectivity index (χ3v) is 3.94. The number of aromatic nitrogens is 1. The van der Waals surface area contributed by atoms with Crippen molar-refractivity contribution in [3.05, 3.63) is 96.7 Å². The molecule has 126 valence electrons. The summed E-state index contributed by atoms with van der Waals surface area (Å²) in [6.07, 6.45) is 1.66. The molecule has 0 aliphatic carbocycles. The molecule has 0 spiro atoms. The predicted octanol–water partition coefficient (Wildman–Crippen LogP) is 5.28. The molecule has 0 unspecified atom stereocenters. The van der Waals surface area contributed by atoms with Gasteiger partial charge in [0.2, 0.25) is 0 Å². The van der Waals surface area contributed by atoms with Crippen molar-refractivity contribution in [2.24, 2.45) is 0 Å². The highest BCUT2D eigenvalue weighted by molar-refractivity contribution is 6.04. The van der Waals surface area contributed by atoms with E-state index in [1.54, 1.807) is 30.5 Å². The van der Waals surface area contributed by atoms with E-state index in [4.69, 9.17) is 4.74 Å². The van der Waals surface area contributed by atoms with E-state index < -0.39 is 0 Å². The van der Waals surface area contributed by atoms with Gasteiger partial charge in [-0.1, -0.05) is 36.4 Å². The number of carbonyl (C=O) groups is 1. The van der Waals surface area contributed by atoms with E-state index in [9.17, 15) is 4.79 Å². The lowest BCUT2D eigenvalue weighted by Crippen LogP contribution is -2.11. The number of para-hydroxylation sites is 2. The van der Waals surface area contributed by atoms with Crippen molar-refractivity contribution in [1.82, 2.24) is 4.98 Å². The number of hydrogen-bond acceptors (Lipinski definition) is 3. The van der Waals surface area contributed by atoms with Crippen LogP contribution in [0.5, 0.6) is 11.5 Å². The molecule has 0 radical (unpaired) electrons. The van der Waals surface area contributed by atoms with Gasteiger partial charge in [-0.25, -0.2) is 0 Å². The predicted molar refractivity (Wildman–Crippen MR) is 103 cm³/mol. The Morgan fingerprint density at radius 3 is 2.31 bits per heavy atom. The summed E-state index contributed by atoms with van der Waals surface area (Å²) >= 11 is 0. The minimum absolute atomic E-state index is 0.187. The van der Waals surface area contributed by atoms with Gasteiger partial charge < -0.3 is 10.1 Å². The Balaban J connectivity index is 1.47. The van der Waals surface area contributed by atoms with Crippen LogP contribution in [0.1, 0.15) is 10.4 Å². The number of anilines is 1. The Labute approximate surface area is 151 Å². The number of nitrogens with one attached hydrogen (secondary N) is 1. The number of ether oxygens (including phenoxy) is 1. The van der Waals surface area contributed by atoms with Crippen LogP contribution in [-0.2, 0) is 0 Å². The van der Waals surface area contributed by atoms with Gasteiger partial charge >= 0.3 is 0 Å². The molecule has 0 aliphatic rings. The highest BCUT2D eigenvalue weighted by Gasteiger charge is 2.07. The van der Waals surface area contributed by atoms with Gasteiger partial charge in [-0.15, -0.1) is 0 Å². The Morgan fingerprint density at radius 2 is 1.50 bits per heavy atom. The number of nitrogens with zero attached hydrogens (tertiary/aromatic N) is 1. The van der Waals surface area contributed by atoms with E-state index in [2.05, 4.69) is 10.3 Å². The lowest BCUT2D eigenvalue weighted by Gasteiger charge is -2.08. The van der Waals surface area contributed by atoms with Crippen LogP contribution in [-0.4, -0.2) is 10.9 Å². The summed E-state index contributed by atoms with van der Waals surface area (Å²) in [5, 5.41) is 3.86. The maximum Gasteiger partial charge on any atom is 0.255 e. The standard InChI is InChI=1S/C22H16N2O2/c25-22(24-18-14-17-6-4-5-9-21(17)23-15-18)16-10-12-20(13-11-16)26-19-7-2-1-3-8-19/h1-15H,(H,24,25). The van der Waals surface area contributed by atoms with Crippen molar-refractivity contribution in [3.63, 3.8) is 0 Å². The fourth-order valence-corrected chi connectivity index (χ4v) is 2.64. The number of pyridine rings is 1. The summed E-state index contributed by atoms with van der Waals surface area (Å²) in [7, 11) is 0. The van der Waals surface area contributed by atoms with Gasteiger partial charge in [0.15, 0.2) is 0 Å². The lowest BCUT2D eigenvalue weighted by molar-refractivity contribution is 0.102. The molecular weight excluding hydrogens is 324 g/mol. The average Bonchev–Trinajstić information content (AvgIpc) is 2.69. The topological polar surface area (TPSA) is 51.2 Å². The molecule has 0 atom stereocenters. The van der Waals surface area contributed by atoms with Gasteiger partial charge in [-0.05, 0) is 48.5 Å². The first kappa shape index (κ1) is 15.8. The van der Waals surface area contributed by atoms with Crippen LogP contribution >= 0.6 is 0 Å². The van der Waals surface area contributed by atoms with Crippen LogP contribution in [0.15, 0.2) is 91.1 Å². The second-order valence-corrected chi connectivity index (χ2v) is 5.81. The largest absolute Gasteiger partial charge is 0.457 e. The van der Waals surface area contributed by atoms with Crippen molar-refractivity contribution in [3.8, 4) is 11.5 Å². The van der Waals surface area contributed by atoms with Crippen LogP contribution < -0.4 is 10.1 Å². The van der Waals surface area contributed by atoms with Crippen molar-refractivity contribution >= 4 is 22.5 Å². The minimum Gasteiger partial charge on any atom is -0.457 e. The van der Waals surface area contributed by atoms with Gasteiger partial charge in [0.05, 0.1) is 17.4 Å². The number of benzene rings is 3. The lowest BCUT2D eigenvalue weighted by atomic mass is 10.2. The molecule has 1 N–H and O–H groups in total. The Bertz CT molecular complexity index is 1040. The van der Waals surface area contributed by atoms with E-state index in [1.807, 2.05) is 60.7 Å². The molecule has 1 heterocycles. The minimum atomic E-state index is -0.187. The van der Waals surface area contributed by atoms with Gasteiger partial charge in [-0.3, -0.25) is 9.78 Å². The fourth-order valence-electron chi connectivity index (χ4n) is 2.64. The van der Waals surface area contributed by atoms with Gasteiger partial charge in [0.25, 0.3) is 5.91 Å². The van der Waals surface area contributed by atoms with Crippen LogP contribution in [0.25, 0.3) is 10.9 Å². The molecule has 3 aromatic carbocycles. The molecule has 4 aromatic rings. The number of carbonyl (C=O) groups excluding carboxylic acids is 1. The van der Waals surface area contributed by atoms with Crippen molar-refractivity contribution in [2.45, 2.75) is 0 Å². The molecule has 1 aromatic heterocycles. The fraction of sp³-hybridized carbons (Fsp3) is 0. The summed E-state index contributed by atoms with van der Waals surface area (Å²) in [5.41, 5.74) is 2.12. The molecular formula is C22H16N2O2. The SMILES string of the molecule is O=C(Nc1cnc2ccccc2c1)c1ccc(Oc2ccccc2)cc1. The summed E-state index contributed by atoms with van der Waals surface area (Å²) in [6.45, 7) is 0. The maximum absolute atomic E-state index is 12.4. The second kappa shape index (κ2) is 7.07. The third kappa shape index (κ3) is 3.54. The summed E-state index contributed by atoms with van der Waals surface area (Å²) in [5.74, 6) is 1.25. The van der Waals surface area contributed by atoms with Crippen LogP contribution in [0.2, 0.25) is 0 Å². The molecule has 0 saturated heterocycles. The smallest absolute Gasteiger partial charge is 0.255 e. The Hall–Kier alpha value is -3.66. The summed E-state index contributed by atoms with van der Waals surface area (Å²) < 4.78 is 5.74. The van der Waals surface area contributed by atoms with E-state index in [0.717, 1.165) is 16.7 Å². The van der Waals surface area contributed by atoms with Crippen LogP contribution in [0.4, 0.5) is 5.69 Å². The number of fused-ring (bicyclic) bond motifs is 1. The van der Waals surface area contributed by atoms with E-state index in [-0.39, 0.29) is 5.91 Å². The summed E-state index contributed by atoms with van der Waals surface area (Å²) in [6, 6.07) is 26.2. The van der Waals surface area contributed by atoms with Crippen LogP contribution in [0.3, 0.4) is 0 Å². The first-order valence-corrected chi connectivity index (χ1v) is 8.27. The van der Waals surface area contributed by atoms with Gasteiger partial charge in [-0.2, -0.15) is 0 Å². The molecule has 26 heavy (non-hydrogen) atoms. The normalized spacial score (nSPS) is 10.5. The molecule has 0 fully saturated rings. The molecule has 4 heteroatoms. The Morgan fingerprint density at radius 1 is 0.808 bits per heavy atom. The molecule has 0 bridgehead atoms. The van der Waals surface area contributed by atoms with Crippen LogP contribution in [0, 0.1) is 0 Å². The maximum atomic E-state index is 12.4. The molecule has 0 aliphatic heterocycles. The van der Waals surface area contributed by atoms with Crippen molar-refractivity contribution < 1.29 is 9.53 Å². The number of rotatable bonds is 4. The van der Waals surface area contributed by atoms with Crippen molar-refractivity contribution in [1.29, 1.82) is 0 Å². The van der Waals surface area contributed by atoms with Gasteiger partial charge in [0.1, 0.15) is 11.5 Å². The number of hydrogen-bond donors (Lipinski definition) is 1.